The molecule has 2 aromatic carbocycles. The van der Waals surface area contributed by atoms with Crippen molar-refractivity contribution in [2.24, 2.45) is 5.92 Å². The Hall–Kier alpha value is -3.68. The van der Waals surface area contributed by atoms with Crippen molar-refractivity contribution >= 4 is 29.2 Å². The van der Waals surface area contributed by atoms with Gasteiger partial charge in [0.05, 0.1) is 12.6 Å². The molecule has 0 spiro atoms. The molecule has 0 bridgehead atoms. The minimum Gasteiger partial charge on any atom is -0.372 e. The van der Waals surface area contributed by atoms with Crippen LogP contribution >= 0.6 is 0 Å². The summed E-state index contributed by atoms with van der Waals surface area (Å²) < 4.78 is 0. The van der Waals surface area contributed by atoms with E-state index in [9.17, 15) is 19.2 Å². The smallest absolute Gasteiger partial charge is 0.254 e. The second-order valence-electron chi connectivity index (χ2n) is 11.0. The summed E-state index contributed by atoms with van der Waals surface area (Å²) in [7, 11) is 0. The molecule has 0 aliphatic carbocycles. The van der Waals surface area contributed by atoms with Gasteiger partial charge in [-0.1, -0.05) is 32.0 Å². The van der Waals surface area contributed by atoms with Crippen molar-refractivity contribution in [2.75, 3.05) is 31.1 Å². The van der Waals surface area contributed by atoms with Crippen LogP contribution in [0.25, 0.3) is 0 Å². The third kappa shape index (κ3) is 5.17. The Labute approximate surface area is 224 Å². The van der Waals surface area contributed by atoms with Crippen molar-refractivity contribution in [1.29, 1.82) is 0 Å². The molecule has 200 valence electrons. The molecule has 3 aliphatic rings. The van der Waals surface area contributed by atoms with E-state index in [0.717, 1.165) is 18.8 Å². The van der Waals surface area contributed by atoms with Crippen LogP contribution < -0.4 is 10.2 Å². The SMILES string of the molecule is CC(C)C[C@H](NC(=O)c1ccc(N2CCCC2)cc1)C(=O)N1CC[C@@H]2[C@H]1C(=O)CN2C(=O)c1ccccc1. The Morgan fingerprint density at radius 1 is 0.895 bits per heavy atom. The first-order valence-electron chi connectivity index (χ1n) is 13.7. The van der Waals surface area contributed by atoms with Gasteiger partial charge in [-0.3, -0.25) is 19.2 Å². The maximum absolute atomic E-state index is 13.8. The highest BCUT2D eigenvalue weighted by Gasteiger charge is 2.52. The highest BCUT2D eigenvalue weighted by Crippen LogP contribution is 2.32. The molecule has 3 aliphatic heterocycles. The molecule has 5 rings (SSSR count). The molecule has 3 heterocycles. The van der Waals surface area contributed by atoms with E-state index in [1.54, 1.807) is 46.2 Å². The molecule has 8 nitrogen and oxygen atoms in total. The summed E-state index contributed by atoms with van der Waals surface area (Å²) >= 11 is 0. The van der Waals surface area contributed by atoms with E-state index in [1.165, 1.54) is 12.8 Å². The standard InChI is InChI=1S/C30H36N4O4/c1-20(2)18-24(31-28(36)21-10-12-23(13-11-21)32-15-6-7-16-32)30(38)33-17-14-25-27(33)26(35)19-34(25)29(37)22-8-4-3-5-9-22/h3-5,8-13,20,24-25,27H,6-7,14-19H2,1-2H3,(H,31,36)/t24-,25+,27-/m0/s1. The molecular formula is C30H36N4O4. The Bertz CT molecular complexity index is 1190. The lowest BCUT2D eigenvalue weighted by Gasteiger charge is -2.29. The van der Waals surface area contributed by atoms with E-state index in [-0.39, 0.29) is 42.0 Å². The van der Waals surface area contributed by atoms with E-state index in [0.29, 0.717) is 30.5 Å². The molecule has 1 N–H and O–H groups in total. The van der Waals surface area contributed by atoms with Crippen molar-refractivity contribution in [2.45, 2.75) is 57.7 Å². The maximum atomic E-state index is 13.8. The highest BCUT2D eigenvalue weighted by atomic mass is 16.2. The number of rotatable bonds is 7. The molecule has 3 saturated heterocycles. The first-order valence-corrected chi connectivity index (χ1v) is 13.7. The van der Waals surface area contributed by atoms with E-state index in [4.69, 9.17) is 0 Å². The highest BCUT2D eigenvalue weighted by molar-refractivity contribution is 6.03. The zero-order valence-corrected chi connectivity index (χ0v) is 22.1. The summed E-state index contributed by atoms with van der Waals surface area (Å²) in [6, 6.07) is 14.7. The monoisotopic (exact) mass is 516 g/mol. The van der Waals surface area contributed by atoms with Gasteiger partial charge in [0, 0.05) is 36.4 Å². The summed E-state index contributed by atoms with van der Waals surface area (Å²) in [4.78, 5) is 58.6. The number of Topliss-reactive ketones (excluding diaryl/α,β-unsaturated/α-hetero) is 1. The van der Waals surface area contributed by atoms with E-state index >= 15 is 0 Å². The van der Waals surface area contributed by atoms with Crippen LogP contribution in [0, 0.1) is 5.92 Å². The van der Waals surface area contributed by atoms with Gasteiger partial charge in [-0.15, -0.1) is 0 Å². The Kier molecular flexibility index (Phi) is 7.49. The zero-order valence-electron chi connectivity index (χ0n) is 22.1. The van der Waals surface area contributed by atoms with Gasteiger partial charge < -0.3 is 20.0 Å². The molecule has 3 fully saturated rings. The maximum Gasteiger partial charge on any atom is 0.254 e. The third-order valence-electron chi connectivity index (χ3n) is 7.90. The normalized spacial score (nSPS) is 21.7. The van der Waals surface area contributed by atoms with Gasteiger partial charge in [0.25, 0.3) is 11.8 Å². The van der Waals surface area contributed by atoms with Crippen LogP contribution in [0.2, 0.25) is 0 Å². The zero-order chi connectivity index (χ0) is 26.8. The number of benzene rings is 2. The lowest BCUT2D eigenvalue weighted by atomic mass is 10.0. The molecule has 0 saturated carbocycles. The lowest BCUT2D eigenvalue weighted by Crippen LogP contribution is -2.53. The molecule has 3 atom stereocenters. The van der Waals surface area contributed by atoms with Crippen molar-refractivity contribution in [3.63, 3.8) is 0 Å². The fraction of sp³-hybridized carbons (Fsp3) is 0.467. The first-order chi connectivity index (χ1) is 18.3. The van der Waals surface area contributed by atoms with Crippen LogP contribution in [0.15, 0.2) is 54.6 Å². The van der Waals surface area contributed by atoms with Gasteiger partial charge in [-0.05, 0) is 68.0 Å². The minimum atomic E-state index is -0.744. The van der Waals surface area contributed by atoms with E-state index < -0.39 is 12.1 Å². The van der Waals surface area contributed by atoms with Crippen molar-refractivity contribution in [3.8, 4) is 0 Å². The van der Waals surface area contributed by atoms with Crippen LogP contribution in [0.5, 0.6) is 0 Å². The molecule has 38 heavy (non-hydrogen) atoms. The Morgan fingerprint density at radius 3 is 2.24 bits per heavy atom. The largest absolute Gasteiger partial charge is 0.372 e. The van der Waals surface area contributed by atoms with Gasteiger partial charge >= 0.3 is 0 Å². The third-order valence-corrected chi connectivity index (χ3v) is 7.90. The van der Waals surface area contributed by atoms with Crippen LogP contribution in [0.1, 0.15) is 60.2 Å². The molecule has 3 amide bonds. The number of hydrogen-bond acceptors (Lipinski definition) is 5. The average molecular weight is 517 g/mol. The second kappa shape index (κ2) is 11.0. The number of nitrogens with one attached hydrogen (secondary N) is 1. The average Bonchev–Trinajstić information content (AvgIpc) is 3.67. The van der Waals surface area contributed by atoms with Crippen LogP contribution in [-0.2, 0) is 9.59 Å². The molecule has 0 radical (unpaired) electrons. The van der Waals surface area contributed by atoms with Gasteiger partial charge in [0.1, 0.15) is 12.1 Å². The van der Waals surface area contributed by atoms with E-state index in [2.05, 4.69) is 10.2 Å². The molecule has 0 aromatic heterocycles. The second-order valence-corrected chi connectivity index (χ2v) is 11.0. The Morgan fingerprint density at radius 2 is 1.58 bits per heavy atom. The minimum absolute atomic E-state index is 0.00257. The van der Waals surface area contributed by atoms with Gasteiger partial charge in [0.15, 0.2) is 5.78 Å². The van der Waals surface area contributed by atoms with Crippen LogP contribution in [0.3, 0.4) is 0 Å². The van der Waals surface area contributed by atoms with Crippen molar-refractivity contribution < 1.29 is 19.2 Å². The molecule has 2 aromatic rings. The topological polar surface area (TPSA) is 90.0 Å². The van der Waals surface area contributed by atoms with Crippen LogP contribution in [0.4, 0.5) is 5.69 Å². The fourth-order valence-corrected chi connectivity index (χ4v) is 6.02. The number of carbonyl (C=O) groups excluding carboxylic acids is 4. The number of carbonyl (C=O) groups is 4. The van der Waals surface area contributed by atoms with Crippen LogP contribution in [-0.4, -0.2) is 77.6 Å². The van der Waals surface area contributed by atoms with E-state index in [1.807, 2.05) is 32.0 Å². The number of ketones is 1. The Balaban J connectivity index is 1.29. The predicted molar refractivity (Wildman–Crippen MR) is 145 cm³/mol. The number of likely N-dealkylation sites (tertiary alicyclic amines) is 2. The number of nitrogens with zero attached hydrogens (tertiary/aromatic N) is 3. The summed E-state index contributed by atoms with van der Waals surface area (Å²) in [6.07, 6.45) is 3.37. The summed E-state index contributed by atoms with van der Waals surface area (Å²) in [5, 5.41) is 2.95. The predicted octanol–water partition coefficient (Wildman–Crippen LogP) is 3.13. The number of fused-ring (bicyclic) bond motifs is 1. The van der Waals surface area contributed by atoms with Gasteiger partial charge in [0.2, 0.25) is 5.91 Å². The number of hydrogen-bond donors (Lipinski definition) is 1. The fourth-order valence-electron chi connectivity index (χ4n) is 6.02. The summed E-state index contributed by atoms with van der Waals surface area (Å²) in [6.45, 7) is 6.45. The number of anilines is 1. The first kappa shape index (κ1) is 25.9. The van der Waals surface area contributed by atoms with Crippen molar-refractivity contribution in [3.05, 3.63) is 65.7 Å². The van der Waals surface area contributed by atoms with Gasteiger partial charge in [-0.25, -0.2) is 0 Å². The lowest BCUT2D eigenvalue weighted by molar-refractivity contribution is -0.138. The molecule has 8 heteroatoms. The number of amides is 3. The summed E-state index contributed by atoms with van der Waals surface area (Å²) in [5.41, 5.74) is 2.14. The quantitative estimate of drug-likeness (QED) is 0.611. The van der Waals surface area contributed by atoms with Gasteiger partial charge in [-0.2, -0.15) is 0 Å². The van der Waals surface area contributed by atoms with Crippen molar-refractivity contribution in [1.82, 2.24) is 15.1 Å². The molecule has 0 unspecified atom stereocenters. The molecular weight excluding hydrogens is 480 g/mol. The summed E-state index contributed by atoms with van der Waals surface area (Å²) in [5.74, 6) is -0.708.